The summed E-state index contributed by atoms with van der Waals surface area (Å²) in [6.07, 6.45) is 5.53. The number of sulfonamides is 1. The summed E-state index contributed by atoms with van der Waals surface area (Å²) in [7, 11) is -3.61. The molecule has 0 radical (unpaired) electrons. The summed E-state index contributed by atoms with van der Waals surface area (Å²) >= 11 is 0. The molecule has 3 aliphatic rings. The highest BCUT2D eigenvalue weighted by molar-refractivity contribution is 7.89. The van der Waals surface area contributed by atoms with Gasteiger partial charge in [-0.3, -0.25) is 4.79 Å². The molecule has 1 saturated heterocycles. The third-order valence-electron chi connectivity index (χ3n) is 6.34. The Morgan fingerprint density at radius 2 is 1.66 bits per heavy atom. The van der Waals surface area contributed by atoms with Gasteiger partial charge in [0, 0.05) is 31.1 Å². The summed E-state index contributed by atoms with van der Waals surface area (Å²) in [4.78, 5) is 12.8. The van der Waals surface area contributed by atoms with Gasteiger partial charge in [-0.15, -0.1) is 0 Å². The fraction of sp³-hybridized carbons (Fsp3) is 0.667. The van der Waals surface area contributed by atoms with E-state index in [-0.39, 0.29) is 22.8 Å². The fourth-order valence-corrected chi connectivity index (χ4v) is 5.90. The number of carbonyl (C=O) groups excluding carboxylic acids is 1. The SMILES string of the molecule is CC1CCC(NC(=O)C2CCN(S(=O)(=O)c3ccc4c(c3)OCCO4)CC2)CC1. The maximum absolute atomic E-state index is 13.0. The molecule has 0 spiro atoms. The molecule has 1 aromatic carbocycles. The van der Waals surface area contributed by atoms with Crippen LogP contribution in [-0.4, -0.2) is 51.0 Å². The molecule has 2 aliphatic heterocycles. The van der Waals surface area contributed by atoms with E-state index in [9.17, 15) is 13.2 Å². The van der Waals surface area contributed by atoms with Crippen molar-refractivity contribution in [3.05, 3.63) is 18.2 Å². The van der Waals surface area contributed by atoms with Gasteiger partial charge in [0.25, 0.3) is 0 Å². The van der Waals surface area contributed by atoms with Crippen LogP contribution in [0, 0.1) is 11.8 Å². The first-order valence-corrected chi connectivity index (χ1v) is 12.1. The van der Waals surface area contributed by atoms with E-state index in [0.29, 0.717) is 50.6 Å². The van der Waals surface area contributed by atoms with Crippen molar-refractivity contribution < 1.29 is 22.7 Å². The second-order valence-corrected chi connectivity index (χ2v) is 10.4. The fourth-order valence-electron chi connectivity index (χ4n) is 4.42. The molecule has 0 bridgehead atoms. The van der Waals surface area contributed by atoms with Crippen LogP contribution in [0.3, 0.4) is 0 Å². The lowest BCUT2D eigenvalue weighted by Crippen LogP contribution is -2.46. The van der Waals surface area contributed by atoms with Crippen LogP contribution < -0.4 is 14.8 Å². The Labute approximate surface area is 172 Å². The molecule has 160 valence electrons. The van der Waals surface area contributed by atoms with Crippen molar-refractivity contribution in [2.75, 3.05) is 26.3 Å². The van der Waals surface area contributed by atoms with Crippen molar-refractivity contribution >= 4 is 15.9 Å². The van der Waals surface area contributed by atoms with E-state index in [1.54, 1.807) is 12.1 Å². The van der Waals surface area contributed by atoms with Gasteiger partial charge in [0.1, 0.15) is 13.2 Å². The maximum Gasteiger partial charge on any atom is 0.243 e. The van der Waals surface area contributed by atoms with Crippen molar-refractivity contribution in [1.29, 1.82) is 0 Å². The summed E-state index contributed by atoms with van der Waals surface area (Å²) in [5, 5.41) is 3.19. The van der Waals surface area contributed by atoms with Gasteiger partial charge in [0.15, 0.2) is 11.5 Å². The van der Waals surface area contributed by atoms with Crippen LogP contribution in [-0.2, 0) is 14.8 Å². The number of nitrogens with one attached hydrogen (secondary N) is 1. The number of nitrogens with zero attached hydrogens (tertiary/aromatic N) is 1. The van der Waals surface area contributed by atoms with E-state index >= 15 is 0 Å². The molecule has 8 heteroatoms. The van der Waals surface area contributed by atoms with Crippen LogP contribution in [0.25, 0.3) is 0 Å². The predicted molar refractivity (Wildman–Crippen MR) is 108 cm³/mol. The standard InChI is InChI=1S/C21H30N2O5S/c1-15-2-4-17(5-3-15)22-21(24)16-8-10-23(11-9-16)29(25,26)18-6-7-19-20(14-18)28-13-12-27-19/h6-7,14-17H,2-5,8-13H2,1H3,(H,22,24). The van der Waals surface area contributed by atoms with Gasteiger partial charge in [0.05, 0.1) is 4.90 Å². The number of rotatable bonds is 4. The van der Waals surface area contributed by atoms with Crippen LogP contribution in [0.4, 0.5) is 0 Å². The van der Waals surface area contributed by atoms with Gasteiger partial charge in [-0.2, -0.15) is 4.31 Å². The van der Waals surface area contributed by atoms with E-state index in [4.69, 9.17) is 9.47 Å². The number of carbonyl (C=O) groups is 1. The van der Waals surface area contributed by atoms with Crippen LogP contribution in [0.2, 0.25) is 0 Å². The Balaban J connectivity index is 1.34. The molecule has 2 heterocycles. The minimum absolute atomic E-state index is 0.0842. The van der Waals surface area contributed by atoms with Crippen molar-refractivity contribution in [2.24, 2.45) is 11.8 Å². The summed E-state index contributed by atoms with van der Waals surface area (Å²) in [6.45, 7) is 3.86. The molecule has 7 nitrogen and oxygen atoms in total. The van der Waals surface area contributed by atoms with Gasteiger partial charge in [-0.25, -0.2) is 8.42 Å². The largest absolute Gasteiger partial charge is 0.486 e. The number of ether oxygens (including phenoxy) is 2. The van der Waals surface area contributed by atoms with Gasteiger partial charge in [-0.1, -0.05) is 6.92 Å². The molecule has 1 N–H and O–H groups in total. The highest BCUT2D eigenvalue weighted by atomic mass is 32.2. The number of hydrogen-bond donors (Lipinski definition) is 1. The predicted octanol–water partition coefficient (Wildman–Crippen LogP) is 2.55. The van der Waals surface area contributed by atoms with Gasteiger partial charge < -0.3 is 14.8 Å². The molecule has 1 aromatic rings. The third kappa shape index (κ3) is 4.53. The number of fused-ring (bicyclic) bond motifs is 1. The second-order valence-electron chi connectivity index (χ2n) is 8.45. The first kappa shape index (κ1) is 20.5. The van der Waals surface area contributed by atoms with Gasteiger partial charge in [-0.05, 0) is 56.6 Å². The molecule has 0 atom stereocenters. The monoisotopic (exact) mass is 422 g/mol. The summed E-state index contributed by atoms with van der Waals surface area (Å²) in [5.41, 5.74) is 0. The Morgan fingerprint density at radius 3 is 2.34 bits per heavy atom. The highest BCUT2D eigenvalue weighted by Gasteiger charge is 2.33. The lowest BCUT2D eigenvalue weighted by atomic mass is 9.87. The average molecular weight is 423 g/mol. The molecule has 2 fully saturated rings. The van der Waals surface area contributed by atoms with Crippen molar-refractivity contribution in [2.45, 2.75) is 56.4 Å². The molecule has 0 aromatic heterocycles. The maximum atomic E-state index is 13.0. The second kappa shape index (κ2) is 8.52. The average Bonchev–Trinajstić information content (AvgIpc) is 2.75. The smallest absolute Gasteiger partial charge is 0.243 e. The highest BCUT2D eigenvalue weighted by Crippen LogP contribution is 2.34. The number of amides is 1. The van der Waals surface area contributed by atoms with E-state index in [2.05, 4.69) is 12.2 Å². The minimum Gasteiger partial charge on any atom is -0.486 e. The first-order valence-electron chi connectivity index (χ1n) is 10.6. The quantitative estimate of drug-likeness (QED) is 0.806. The summed E-state index contributed by atoms with van der Waals surface area (Å²) in [5.74, 6) is 1.76. The van der Waals surface area contributed by atoms with Gasteiger partial charge in [0.2, 0.25) is 15.9 Å². The van der Waals surface area contributed by atoms with Crippen LogP contribution in [0.5, 0.6) is 11.5 Å². The third-order valence-corrected chi connectivity index (χ3v) is 8.23. The summed E-state index contributed by atoms with van der Waals surface area (Å²) in [6, 6.07) is 5.02. The molecular weight excluding hydrogens is 392 g/mol. The molecular formula is C21H30N2O5S. The van der Waals surface area contributed by atoms with E-state index in [1.807, 2.05) is 0 Å². The molecule has 1 aliphatic carbocycles. The van der Waals surface area contributed by atoms with Crippen LogP contribution >= 0.6 is 0 Å². The van der Waals surface area contributed by atoms with Gasteiger partial charge >= 0.3 is 0 Å². The number of benzene rings is 1. The summed E-state index contributed by atoms with van der Waals surface area (Å²) < 4.78 is 38.5. The Morgan fingerprint density at radius 1 is 1.00 bits per heavy atom. The minimum atomic E-state index is -3.61. The topological polar surface area (TPSA) is 84.9 Å². The Kier molecular flexibility index (Phi) is 6.01. The Hall–Kier alpha value is -1.80. The number of hydrogen-bond acceptors (Lipinski definition) is 5. The molecule has 1 saturated carbocycles. The van der Waals surface area contributed by atoms with Crippen molar-refractivity contribution in [3.8, 4) is 11.5 Å². The van der Waals surface area contributed by atoms with Crippen molar-refractivity contribution in [3.63, 3.8) is 0 Å². The zero-order valence-electron chi connectivity index (χ0n) is 16.9. The first-order chi connectivity index (χ1) is 13.9. The molecule has 29 heavy (non-hydrogen) atoms. The number of piperidine rings is 1. The zero-order chi connectivity index (χ0) is 20.4. The molecule has 0 unspecified atom stereocenters. The van der Waals surface area contributed by atoms with Crippen LogP contribution in [0.15, 0.2) is 23.1 Å². The normalized spacial score (nSPS) is 26.1. The van der Waals surface area contributed by atoms with E-state index in [1.165, 1.54) is 10.4 Å². The lowest BCUT2D eigenvalue weighted by molar-refractivity contribution is -0.127. The molecule has 1 amide bonds. The van der Waals surface area contributed by atoms with Crippen LogP contribution in [0.1, 0.15) is 45.4 Å². The lowest BCUT2D eigenvalue weighted by Gasteiger charge is -2.33. The molecule has 4 rings (SSSR count). The zero-order valence-corrected chi connectivity index (χ0v) is 17.7. The van der Waals surface area contributed by atoms with Crippen molar-refractivity contribution in [1.82, 2.24) is 9.62 Å². The Bertz CT molecular complexity index is 841. The van der Waals surface area contributed by atoms with E-state index < -0.39 is 10.0 Å². The van der Waals surface area contributed by atoms with E-state index in [0.717, 1.165) is 31.6 Å².